The number of aromatic nitrogens is 1. The third-order valence-electron chi connectivity index (χ3n) is 6.28. The number of benzene rings is 2. The normalized spacial score (nSPS) is 22.3. The minimum atomic E-state index is -4.39. The Labute approximate surface area is 198 Å². The van der Waals surface area contributed by atoms with Crippen LogP contribution in [0.15, 0.2) is 70.0 Å². The summed E-state index contributed by atoms with van der Waals surface area (Å²) in [6, 6.07) is 16.9. The van der Waals surface area contributed by atoms with Gasteiger partial charge in [0.25, 0.3) is 5.91 Å². The van der Waals surface area contributed by atoms with Gasteiger partial charge in [-0.15, -0.1) is 11.3 Å². The van der Waals surface area contributed by atoms with E-state index < -0.39 is 11.1 Å². The molecule has 2 aromatic carbocycles. The van der Waals surface area contributed by atoms with Crippen molar-refractivity contribution in [3.05, 3.63) is 71.2 Å². The number of carbonyl (C=O) groups excluding carboxylic acids is 1. The predicted molar refractivity (Wildman–Crippen MR) is 124 cm³/mol. The smallest absolute Gasteiger partial charge is 0.304 e. The summed E-state index contributed by atoms with van der Waals surface area (Å²) in [5, 5.41) is 0. The number of thiazole rings is 1. The van der Waals surface area contributed by atoms with Gasteiger partial charge in [0, 0.05) is 22.7 Å². The summed E-state index contributed by atoms with van der Waals surface area (Å²) in [6.07, 6.45) is -1.32. The number of anilines is 1. The van der Waals surface area contributed by atoms with Crippen LogP contribution in [0.1, 0.15) is 28.1 Å². The Hall–Kier alpha value is -2.36. The Morgan fingerprint density at radius 1 is 1.06 bits per heavy atom. The van der Waals surface area contributed by atoms with E-state index in [4.69, 9.17) is 0 Å². The zero-order valence-corrected chi connectivity index (χ0v) is 19.3. The largest absolute Gasteiger partial charge is 0.427 e. The van der Waals surface area contributed by atoms with Crippen LogP contribution in [0.2, 0.25) is 0 Å². The monoisotopic (exact) mass is 489 g/mol. The number of alkyl halides is 3. The fraction of sp³-hybridized carbons (Fsp3) is 0.333. The molecule has 0 aliphatic carbocycles. The highest BCUT2D eigenvalue weighted by atomic mass is 32.2. The van der Waals surface area contributed by atoms with Crippen LogP contribution in [-0.4, -0.2) is 41.5 Å². The minimum absolute atomic E-state index is 0.0508. The fourth-order valence-corrected chi connectivity index (χ4v) is 6.43. The van der Waals surface area contributed by atoms with Gasteiger partial charge >= 0.3 is 6.18 Å². The lowest BCUT2D eigenvalue weighted by Crippen LogP contribution is -2.59. The predicted octanol–water partition coefficient (Wildman–Crippen LogP) is 6.05. The molecule has 4 heterocycles. The van der Waals surface area contributed by atoms with E-state index in [0.29, 0.717) is 27.2 Å². The first-order chi connectivity index (χ1) is 15.9. The van der Waals surface area contributed by atoms with Crippen molar-refractivity contribution >= 4 is 34.7 Å². The molecule has 3 aliphatic rings. The maximum Gasteiger partial charge on any atom is 0.427 e. The van der Waals surface area contributed by atoms with Gasteiger partial charge < -0.3 is 9.80 Å². The second kappa shape index (κ2) is 9.12. The van der Waals surface area contributed by atoms with E-state index in [9.17, 15) is 18.0 Å². The van der Waals surface area contributed by atoms with E-state index in [2.05, 4.69) is 9.88 Å². The molecule has 9 heteroatoms. The molecule has 3 fully saturated rings. The molecule has 4 nitrogen and oxygen atoms in total. The Morgan fingerprint density at radius 2 is 1.76 bits per heavy atom. The van der Waals surface area contributed by atoms with Crippen molar-refractivity contribution in [3.8, 4) is 0 Å². The highest BCUT2D eigenvalue weighted by Crippen LogP contribution is 2.39. The summed E-state index contributed by atoms with van der Waals surface area (Å²) in [4.78, 5) is 21.9. The minimum Gasteiger partial charge on any atom is -0.304 e. The van der Waals surface area contributed by atoms with Crippen molar-refractivity contribution in [1.29, 1.82) is 0 Å². The first-order valence-electron chi connectivity index (χ1n) is 10.8. The molecule has 1 amide bonds. The number of para-hydroxylation sites is 1. The Balaban J connectivity index is 1.37. The van der Waals surface area contributed by atoms with Crippen LogP contribution >= 0.6 is 23.1 Å². The standard InChI is InChI=1S/C24H22F3N3OS2/c25-24(26,27)21-14-28-23(33-21)32-19-8-6-17(7-9-19)22(31)30(18-4-2-1-3-5-18)20-15-29-12-10-16(20)11-13-29/h1-9,14,16,20H,10-13,15H2/t20-/m0/s1. The average Bonchev–Trinajstić information content (AvgIpc) is 3.30. The van der Waals surface area contributed by atoms with Crippen LogP contribution in [-0.2, 0) is 6.18 Å². The lowest BCUT2D eigenvalue weighted by molar-refractivity contribution is -0.134. The molecule has 0 spiro atoms. The molecule has 172 valence electrons. The maximum absolute atomic E-state index is 13.7. The van der Waals surface area contributed by atoms with Crippen molar-refractivity contribution in [2.75, 3.05) is 24.5 Å². The number of carbonyl (C=O) groups is 1. The summed E-state index contributed by atoms with van der Waals surface area (Å²) in [5.74, 6) is 0.437. The van der Waals surface area contributed by atoms with Crippen molar-refractivity contribution in [2.24, 2.45) is 5.92 Å². The maximum atomic E-state index is 13.7. The Bertz CT molecular complexity index is 1110. The molecular formula is C24H22F3N3OS2. The van der Waals surface area contributed by atoms with E-state index in [0.717, 1.165) is 61.0 Å². The molecule has 0 unspecified atom stereocenters. The molecular weight excluding hydrogens is 467 g/mol. The highest BCUT2D eigenvalue weighted by Gasteiger charge is 2.40. The number of fused-ring (bicyclic) bond motifs is 3. The van der Waals surface area contributed by atoms with Crippen LogP contribution in [0.25, 0.3) is 0 Å². The third kappa shape index (κ3) is 4.81. The summed E-state index contributed by atoms with van der Waals surface area (Å²) >= 11 is 1.78. The highest BCUT2D eigenvalue weighted by molar-refractivity contribution is 8.01. The lowest BCUT2D eigenvalue weighted by Gasteiger charge is -2.49. The SMILES string of the molecule is O=C(c1ccc(Sc2ncc(C(F)(F)F)s2)cc1)N(c1ccccc1)[C@H]1CN2CCC1CC2. The number of halogens is 3. The number of hydrogen-bond donors (Lipinski definition) is 0. The summed E-state index contributed by atoms with van der Waals surface area (Å²) in [7, 11) is 0. The molecule has 2 bridgehead atoms. The summed E-state index contributed by atoms with van der Waals surface area (Å²) in [5.41, 5.74) is 1.46. The van der Waals surface area contributed by atoms with Crippen molar-refractivity contribution in [3.63, 3.8) is 0 Å². The van der Waals surface area contributed by atoms with Gasteiger partial charge in [-0.1, -0.05) is 30.0 Å². The Morgan fingerprint density at radius 3 is 2.33 bits per heavy atom. The van der Waals surface area contributed by atoms with Crippen LogP contribution in [0, 0.1) is 5.92 Å². The molecule has 1 aromatic heterocycles. The number of hydrogen-bond acceptors (Lipinski definition) is 5. The Kier molecular flexibility index (Phi) is 6.20. The van der Waals surface area contributed by atoms with Crippen LogP contribution < -0.4 is 4.90 Å². The molecule has 3 aliphatic heterocycles. The van der Waals surface area contributed by atoms with E-state index in [1.54, 1.807) is 24.3 Å². The van der Waals surface area contributed by atoms with E-state index in [1.165, 1.54) is 0 Å². The van der Waals surface area contributed by atoms with E-state index >= 15 is 0 Å². The zero-order chi connectivity index (χ0) is 23.0. The third-order valence-corrected chi connectivity index (χ3v) is 8.40. The van der Waals surface area contributed by atoms with Gasteiger partial charge in [-0.25, -0.2) is 4.98 Å². The van der Waals surface area contributed by atoms with Gasteiger partial charge in [0.05, 0.1) is 12.2 Å². The molecule has 33 heavy (non-hydrogen) atoms. The van der Waals surface area contributed by atoms with Gasteiger partial charge in [0.15, 0.2) is 4.34 Å². The summed E-state index contributed by atoms with van der Waals surface area (Å²) < 4.78 is 38.8. The number of rotatable bonds is 5. The van der Waals surface area contributed by atoms with Crippen molar-refractivity contribution in [1.82, 2.24) is 9.88 Å². The molecule has 3 aromatic rings. The van der Waals surface area contributed by atoms with E-state index in [-0.39, 0.29) is 11.9 Å². The fourth-order valence-electron chi connectivity index (χ4n) is 4.62. The first kappa shape index (κ1) is 22.4. The van der Waals surface area contributed by atoms with Crippen LogP contribution in [0.5, 0.6) is 0 Å². The molecule has 0 N–H and O–H groups in total. The van der Waals surface area contributed by atoms with Crippen LogP contribution in [0.3, 0.4) is 0 Å². The topological polar surface area (TPSA) is 36.4 Å². The van der Waals surface area contributed by atoms with Gasteiger partial charge in [-0.05, 0) is 68.2 Å². The molecule has 6 rings (SSSR count). The average molecular weight is 490 g/mol. The van der Waals surface area contributed by atoms with Crippen molar-refractivity contribution in [2.45, 2.75) is 34.3 Å². The number of amides is 1. The van der Waals surface area contributed by atoms with Gasteiger partial charge in [-0.2, -0.15) is 13.2 Å². The second-order valence-corrected chi connectivity index (χ2v) is 10.7. The zero-order valence-electron chi connectivity index (χ0n) is 17.7. The number of nitrogens with zero attached hydrogens (tertiary/aromatic N) is 3. The quantitative estimate of drug-likeness (QED) is 0.437. The molecule has 3 saturated heterocycles. The second-order valence-electron chi connectivity index (χ2n) is 8.33. The van der Waals surface area contributed by atoms with Crippen LogP contribution in [0.4, 0.5) is 18.9 Å². The van der Waals surface area contributed by atoms with Gasteiger partial charge in [0.1, 0.15) is 4.88 Å². The van der Waals surface area contributed by atoms with Crippen molar-refractivity contribution < 1.29 is 18.0 Å². The first-order valence-corrected chi connectivity index (χ1v) is 12.4. The molecule has 0 saturated carbocycles. The molecule has 1 atom stereocenters. The van der Waals surface area contributed by atoms with Gasteiger partial charge in [-0.3, -0.25) is 4.79 Å². The molecule has 0 radical (unpaired) electrons. The van der Waals surface area contributed by atoms with Gasteiger partial charge in [0.2, 0.25) is 0 Å². The lowest BCUT2D eigenvalue weighted by atomic mass is 9.82. The summed E-state index contributed by atoms with van der Waals surface area (Å²) in [6.45, 7) is 3.07. The number of piperidine rings is 3. The van der Waals surface area contributed by atoms with E-state index in [1.807, 2.05) is 35.2 Å².